The van der Waals surface area contributed by atoms with E-state index in [0.717, 1.165) is 11.2 Å². The van der Waals surface area contributed by atoms with Gasteiger partial charge in [-0.15, -0.1) is 0 Å². The minimum Gasteiger partial charge on any atom is -0.497 e. The van der Waals surface area contributed by atoms with Crippen LogP contribution in [-0.2, 0) is 9.31 Å². The molecule has 1 heterocycles. The molecule has 0 spiro atoms. The third-order valence-corrected chi connectivity index (χ3v) is 4.42. The van der Waals surface area contributed by atoms with E-state index in [2.05, 4.69) is 53.7 Å². The smallest absolute Gasteiger partial charge is 0.495 e. The van der Waals surface area contributed by atoms with Gasteiger partial charge in [0.25, 0.3) is 0 Å². The lowest BCUT2D eigenvalue weighted by Gasteiger charge is -2.32. The van der Waals surface area contributed by atoms with Crippen LogP contribution in [-0.4, -0.2) is 25.4 Å². The topological polar surface area (TPSA) is 27.7 Å². The highest BCUT2D eigenvalue weighted by Gasteiger charge is 2.52. The van der Waals surface area contributed by atoms with E-state index in [4.69, 9.17) is 14.0 Å². The summed E-state index contributed by atoms with van der Waals surface area (Å²) in [6.45, 7) is 12.6. The maximum Gasteiger partial charge on any atom is 0.495 e. The van der Waals surface area contributed by atoms with Gasteiger partial charge >= 0.3 is 7.12 Å². The minimum atomic E-state index is -0.316. The Labute approximate surface area is 122 Å². The molecule has 3 nitrogen and oxygen atoms in total. The van der Waals surface area contributed by atoms with Gasteiger partial charge in [-0.1, -0.05) is 19.9 Å². The normalized spacial score (nSPS) is 20.5. The molecule has 4 heteroatoms. The molecule has 1 aromatic rings. The molecular formula is C16H25BO3. The van der Waals surface area contributed by atoms with Gasteiger partial charge in [-0.25, -0.2) is 0 Å². The molecule has 0 saturated carbocycles. The molecule has 0 aliphatic carbocycles. The highest BCUT2D eigenvalue weighted by Crippen LogP contribution is 2.37. The van der Waals surface area contributed by atoms with Crippen molar-refractivity contribution in [2.45, 2.75) is 58.7 Å². The molecule has 0 bridgehead atoms. The van der Waals surface area contributed by atoms with Crippen molar-refractivity contribution in [3.63, 3.8) is 0 Å². The lowest BCUT2D eigenvalue weighted by atomic mass is 9.73. The van der Waals surface area contributed by atoms with Crippen LogP contribution < -0.4 is 10.2 Å². The highest BCUT2D eigenvalue weighted by atomic mass is 16.7. The third-order valence-electron chi connectivity index (χ3n) is 4.42. The average Bonchev–Trinajstić information content (AvgIpc) is 2.57. The van der Waals surface area contributed by atoms with Crippen LogP contribution in [0.2, 0.25) is 0 Å². The molecular weight excluding hydrogens is 251 g/mol. The van der Waals surface area contributed by atoms with Crippen LogP contribution in [0, 0.1) is 0 Å². The number of methoxy groups -OCH3 is 1. The summed E-state index contributed by atoms with van der Waals surface area (Å²) in [7, 11) is 1.37. The molecule has 1 aliphatic rings. The predicted molar refractivity (Wildman–Crippen MR) is 82.8 cm³/mol. The molecule has 1 saturated heterocycles. The Morgan fingerprint density at radius 3 is 2.05 bits per heavy atom. The lowest BCUT2D eigenvalue weighted by molar-refractivity contribution is 0.00578. The SMILES string of the molecule is COc1ccc(B2OC(C)(C)C(C)(C)O2)c(C(C)C)c1. The van der Waals surface area contributed by atoms with Gasteiger partial charge < -0.3 is 14.0 Å². The van der Waals surface area contributed by atoms with Crippen molar-refractivity contribution < 1.29 is 14.0 Å². The number of hydrogen-bond acceptors (Lipinski definition) is 3. The fraction of sp³-hybridized carbons (Fsp3) is 0.625. The first-order valence-corrected chi connectivity index (χ1v) is 7.21. The molecule has 0 unspecified atom stereocenters. The van der Waals surface area contributed by atoms with E-state index in [0.29, 0.717) is 5.92 Å². The Balaban J connectivity index is 2.39. The summed E-state index contributed by atoms with van der Waals surface area (Å²) in [5.74, 6) is 1.26. The van der Waals surface area contributed by atoms with Crippen molar-refractivity contribution in [1.82, 2.24) is 0 Å². The molecule has 1 aliphatic heterocycles. The summed E-state index contributed by atoms with van der Waals surface area (Å²) < 4.78 is 17.6. The summed E-state index contributed by atoms with van der Waals surface area (Å²) in [4.78, 5) is 0. The largest absolute Gasteiger partial charge is 0.497 e. The van der Waals surface area contributed by atoms with Crippen molar-refractivity contribution in [2.24, 2.45) is 0 Å². The first-order valence-electron chi connectivity index (χ1n) is 7.21. The molecule has 2 rings (SSSR count). The number of rotatable bonds is 3. The fourth-order valence-electron chi connectivity index (χ4n) is 2.36. The molecule has 0 amide bonds. The quantitative estimate of drug-likeness (QED) is 0.794. The Bertz CT molecular complexity index is 478. The maximum atomic E-state index is 6.15. The second-order valence-electron chi connectivity index (χ2n) is 6.74. The Hall–Kier alpha value is -0.995. The van der Waals surface area contributed by atoms with Crippen LogP contribution in [0.5, 0.6) is 5.75 Å². The van der Waals surface area contributed by atoms with Gasteiger partial charge in [0.15, 0.2) is 0 Å². The van der Waals surface area contributed by atoms with Crippen molar-refractivity contribution in [3.05, 3.63) is 23.8 Å². The Morgan fingerprint density at radius 2 is 1.60 bits per heavy atom. The first-order chi connectivity index (χ1) is 9.18. The highest BCUT2D eigenvalue weighted by molar-refractivity contribution is 6.62. The van der Waals surface area contributed by atoms with E-state index in [-0.39, 0.29) is 18.3 Å². The Kier molecular flexibility index (Phi) is 3.91. The summed E-state index contributed by atoms with van der Waals surface area (Å²) in [6, 6.07) is 6.09. The van der Waals surface area contributed by atoms with Crippen molar-refractivity contribution >= 4 is 12.6 Å². The van der Waals surface area contributed by atoms with Gasteiger partial charge in [-0.2, -0.15) is 0 Å². The van der Waals surface area contributed by atoms with Crippen molar-refractivity contribution in [3.8, 4) is 5.75 Å². The number of benzene rings is 1. The molecule has 1 fully saturated rings. The monoisotopic (exact) mass is 276 g/mol. The lowest BCUT2D eigenvalue weighted by Crippen LogP contribution is -2.41. The van der Waals surface area contributed by atoms with Gasteiger partial charge in [0, 0.05) is 0 Å². The van der Waals surface area contributed by atoms with E-state index < -0.39 is 0 Å². The van der Waals surface area contributed by atoms with Crippen LogP contribution in [0.3, 0.4) is 0 Å². The van der Waals surface area contributed by atoms with Crippen LogP contribution in [0.4, 0.5) is 0 Å². The van der Waals surface area contributed by atoms with E-state index >= 15 is 0 Å². The Morgan fingerprint density at radius 1 is 1.05 bits per heavy atom. The maximum absolute atomic E-state index is 6.15. The molecule has 0 atom stereocenters. The summed E-state index contributed by atoms with van der Waals surface area (Å²) in [6.07, 6.45) is 0. The van der Waals surface area contributed by atoms with Crippen LogP contribution in [0.15, 0.2) is 18.2 Å². The van der Waals surface area contributed by atoms with Gasteiger partial charge in [0.2, 0.25) is 0 Å². The van der Waals surface area contributed by atoms with E-state index in [1.165, 1.54) is 5.56 Å². The van der Waals surface area contributed by atoms with Crippen LogP contribution in [0.1, 0.15) is 53.0 Å². The summed E-state index contributed by atoms with van der Waals surface area (Å²) >= 11 is 0. The first kappa shape index (κ1) is 15.4. The second kappa shape index (κ2) is 5.08. The second-order valence-corrected chi connectivity index (χ2v) is 6.74. The van der Waals surface area contributed by atoms with E-state index in [1.807, 2.05) is 6.07 Å². The minimum absolute atomic E-state index is 0.314. The third kappa shape index (κ3) is 2.59. The zero-order chi connectivity index (χ0) is 15.1. The van der Waals surface area contributed by atoms with Gasteiger partial charge in [-0.3, -0.25) is 0 Å². The number of hydrogen-bond donors (Lipinski definition) is 0. The van der Waals surface area contributed by atoms with Gasteiger partial charge in [0.1, 0.15) is 5.75 Å². The van der Waals surface area contributed by atoms with Crippen LogP contribution >= 0.6 is 0 Å². The number of ether oxygens (including phenoxy) is 1. The molecule has 20 heavy (non-hydrogen) atoms. The predicted octanol–water partition coefficient (Wildman–Crippen LogP) is 3.12. The zero-order valence-electron chi connectivity index (χ0n) is 13.6. The summed E-state index contributed by atoms with van der Waals surface area (Å²) in [5.41, 5.74) is 1.68. The van der Waals surface area contributed by atoms with Gasteiger partial charge in [-0.05, 0) is 56.8 Å². The van der Waals surface area contributed by atoms with E-state index in [9.17, 15) is 0 Å². The molecule has 0 N–H and O–H groups in total. The molecule has 1 aromatic carbocycles. The van der Waals surface area contributed by atoms with Gasteiger partial charge in [0.05, 0.1) is 18.3 Å². The molecule has 110 valence electrons. The average molecular weight is 276 g/mol. The fourth-order valence-corrected chi connectivity index (χ4v) is 2.36. The zero-order valence-corrected chi connectivity index (χ0v) is 13.6. The van der Waals surface area contributed by atoms with Crippen molar-refractivity contribution in [2.75, 3.05) is 7.11 Å². The standard InChI is InChI=1S/C16H25BO3/c1-11(2)13-10-12(18-7)8-9-14(13)17-19-15(3,4)16(5,6)20-17/h8-11H,1-7H3. The molecule has 0 radical (unpaired) electrons. The van der Waals surface area contributed by atoms with E-state index in [1.54, 1.807) is 7.11 Å². The summed E-state index contributed by atoms with van der Waals surface area (Å²) in [5, 5.41) is 0. The molecule has 0 aromatic heterocycles. The van der Waals surface area contributed by atoms with Crippen molar-refractivity contribution in [1.29, 1.82) is 0 Å². The van der Waals surface area contributed by atoms with Crippen LogP contribution in [0.25, 0.3) is 0 Å².